The monoisotopic (exact) mass is 481 g/mol. The van der Waals surface area contributed by atoms with Crippen LogP contribution in [0.3, 0.4) is 0 Å². The van der Waals surface area contributed by atoms with Gasteiger partial charge in [0.05, 0.1) is 11.3 Å². The van der Waals surface area contributed by atoms with E-state index in [2.05, 4.69) is 4.98 Å². The van der Waals surface area contributed by atoms with Crippen LogP contribution >= 0.6 is 0 Å². The van der Waals surface area contributed by atoms with Crippen molar-refractivity contribution in [1.82, 2.24) is 4.98 Å². The number of nitrogen functional groups attached to an aromatic ring is 1. The van der Waals surface area contributed by atoms with Gasteiger partial charge in [-0.2, -0.15) is 4.39 Å². The van der Waals surface area contributed by atoms with Crippen LogP contribution in [0.4, 0.5) is 10.1 Å². The average molecular weight is 481 g/mol. The van der Waals surface area contributed by atoms with Crippen molar-refractivity contribution in [2.75, 3.05) is 5.73 Å². The number of Topliss-reactive ketones (excluding diaryl/α,β-unsaturated/α-hetero) is 2. The number of hydrogen-bond donors (Lipinski definition) is 6. The van der Waals surface area contributed by atoms with Gasteiger partial charge in [0.25, 0.3) is 5.91 Å². The summed E-state index contributed by atoms with van der Waals surface area (Å²) in [5.41, 5.74) is 8.39. The van der Waals surface area contributed by atoms with E-state index in [0.29, 0.717) is 16.7 Å². The van der Waals surface area contributed by atoms with Gasteiger partial charge in [0.15, 0.2) is 11.4 Å². The molecule has 1 amide bonds. The van der Waals surface area contributed by atoms with Gasteiger partial charge in [0.2, 0.25) is 11.7 Å². The van der Waals surface area contributed by atoms with Gasteiger partial charge < -0.3 is 31.9 Å². The number of carbonyl (C=O) groups is 3. The summed E-state index contributed by atoms with van der Waals surface area (Å²) in [6.45, 7) is 0. The normalized spacial score (nSPS) is 25.8. The first kappa shape index (κ1) is 22.5. The Hall–Kier alpha value is -4.25. The first-order valence-electron chi connectivity index (χ1n) is 10.7. The zero-order valence-electron chi connectivity index (χ0n) is 18.1. The quantitative estimate of drug-likeness (QED) is 0.158. The molecule has 1 fully saturated rings. The number of hydrogen-bond acceptors (Lipinski definition) is 9. The second-order valence-corrected chi connectivity index (χ2v) is 8.99. The Morgan fingerprint density at radius 1 is 1.17 bits per heavy atom. The van der Waals surface area contributed by atoms with Crippen molar-refractivity contribution in [3.63, 3.8) is 0 Å². The summed E-state index contributed by atoms with van der Waals surface area (Å²) in [4.78, 5) is 41.3. The molecule has 35 heavy (non-hydrogen) atoms. The number of primary amides is 1. The highest BCUT2D eigenvalue weighted by molar-refractivity contribution is 6.22. The lowest BCUT2D eigenvalue weighted by molar-refractivity contribution is -0.147. The Morgan fingerprint density at radius 2 is 1.89 bits per heavy atom. The summed E-state index contributed by atoms with van der Waals surface area (Å²) in [7, 11) is 0. The summed E-state index contributed by atoms with van der Waals surface area (Å²) >= 11 is 0. The zero-order chi connectivity index (χ0) is 25.4. The molecule has 10 nitrogen and oxygen atoms in total. The van der Waals surface area contributed by atoms with Crippen LogP contribution in [0.1, 0.15) is 24.0 Å². The van der Waals surface area contributed by atoms with Gasteiger partial charge in [-0.25, -0.2) is 4.98 Å². The number of carbonyl (C=O) groups excluding carboxylic acids is 3. The van der Waals surface area contributed by atoms with E-state index in [1.165, 1.54) is 18.3 Å². The molecule has 180 valence electrons. The van der Waals surface area contributed by atoms with Crippen LogP contribution in [0.25, 0.3) is 16.9 Å². The van der Waals surface area contributed by atoms with E-state index < -0.39 is 70.1 Å². The number of halogens is 1. The number of aromatic hydroxyl groups is 1. The molecule has 3 aliphatic rings. The number of amides is 1. The van der Waals surface area contributed by atoms with E-state index >= 15 is 0 Å². The molecule has 8 N–H and O–H groups in total. The molecule has 1 saturated carbocycles. The van der Waals surface area contributed by atoms with E-state index in [1.54, 1.807) is 0 Å². The SMILES string of the molecule is NC(=O)C1=C(O)[C@@]2(O)C(=O)C3=C(O)c4c(O)c(N)cc(-c5ccc(F)nc5)c4C[C@H]3C[C@H]2CC1=O. The largest absolute Gasteiger partial charge is 0.508 e. The molecule has 0 bridgehead atoms. The number of aliphatic hydroxyl groups excluding tert-OH is 2. The number of benzene rings is 1. The fraction of sp³-hybridized carbons (Fsp3) is 0.250. The highest BCUT2D eigenvalue weighted by Crippen LogP contribution is 2.53. The number of aromatic nitrogens is 1. The number of phenols is 1. The van der Waals surface area contributed by atoms with Crippen LogP contribution in [0, 0.1) is 17.8 Å². The van der Waals surface area contributed by atoms with Crippen molar-refractivity contribution < 1.29 is 39.2 Å². The Bertz CT molecular complexity index is 1410. The molecule has 1 heterocycles. The summed E-state index contributed by atoms with van der Waals surface area (Å²) in [6, 6.07) is 4.03. The van der Waals surface area contributed by atoms with Crippen LogP contribution in [-0.2, 0) is 20.8 Å². The van der Waals surface area contributed by atoms with E-state index in [4.69, 9.17) is 11.5 Å². The van der Waals surface area contributed by atoms with Crippen LogP contribution in [-0.4, -0.2) is 48.5 Å². The van der Waals surface area contributed by atoms with Crippen LogP contribution < -0.4 is 11.5 Å². The van der Waals surface area contributed by atoms with Gasteiger partial charge >= 0.3 is 0 Å². The highest BCUT2D eigenvalue weighted by atomic mass is 19.1. The molecule has 0 unspecified atom stereocenters. The van der Waals surface area contributed by atoms with Gasteiger partial charge in [0.1, 0.15) is 22.8 Å². The highest BCUT2D eigenvalue weighted by Gasteiger charge is 2.60. The van der Waals surface area contributed by atoms with Gasteiger partial charge in [-0.1, -0.05) is 0 Å². The number of nitrogens with zero attached hydrogens (tertiary/aromatic N) is 1. The molecular weight excluding hydrogens is 461 g/mol. The Labute approximate surface area is 197 Å². The summed E-state index contributed by atoms with van der Waals surface area (Å²) in [6.07, 6.45) is 0.935. The Balaban J connectivity index is 1.73. The summed E-state index contributed by atoms with van der Waals surface area (Å²) < 4.78 is 13.4. The molecule has 2 aromatic rings. The number of aliphatic hydroxyl groups is 3. The van der Waals surface area contributed by atoms with Crippen molar-refractivity contribution in [2.45, 2.75) is 24.9 Å². The number of anilines is 1. The maximum Gasteiger partial charge on any atom is 0.255 e. The van der Waals surface area contributed by atoms with E-state index in [9.17, 15) is 39.2 Å². The number of fused-ring (bicyclic) bond motifs is 3. The average Bonchev–Trinajstić information content (AvgIpc) is 2.79. The third-order valence-electron chi connectivity index (χ3n) is 7.13. The maximum atomic E-state index is 13.5. The van der Waals surface area contributed by atoms with Gasteiger partial charge in [-0.15, -0.1) is 0 Å². The van der Waals surface area contributed by atoms with Crippen molar-refractivity contribution in [3.05, 3.63) is 58.4 Å². The summed E-state index contributed by atoms with van der Waals surface area (Å²) in [5, 5.41) is 43.7. The molecule has 0 aliphatic heterocycles. The molecule has 1 aromatic heterocycles. The van der Waals surface area contributed by atoms with Gasteiger partial charge in [-0.3, -0.25) is 14.4 Å². The van der Waals surface area contributed by atoms with Crippen LogP contribution in [0.15, 0.2) is 41.3 Å². The molecule has 3 aliphatic carbocycles. The number of phenolic OH excluding ortho intramolecular Hbond substituents is 1. The predicted molar refractivity (Wildman–Crippen MR) is 119 cm³/mol. The molecule has 3 atom stereocenters. The second-order valence-electron chi connectivity index (χ2n) is 8.99. The fourth-order valence-electron chi connectivity index (χ4n) is 5.50. The Morgan fingerprint density at radius 3 is 2.51 bits per heavy atom. The number of rotatable bonds is 2. The van der Waals surface area contributed by atoms with Crippen molar-refractivity contribution in [1.29, 1.82) is 0 Å². The molecule has 0 radical (unpaired) electrons. The number of nitrogens with two attached hydrogens (primary N) is 2. The fourth-order valence-corrected chi connectivity index (χ4v) is 5.50. The van der Waals surface area contributed by atoms with Crippen molar-refractivity contribution >= 4 is 28.9 Å². The summed E-state index contributed by atoms with van der Waals surface area (Å²) in [5.74, 6) is -7.97. The molecule has 5 rings (SSSR count). The molecule has 0 saturated heterocycles. The third kappa shape index (κ3) is 2.98. The molecule has 0 spiro atoms. The predicted octanol–water partition coefficient (Wildman–Crippen LogP) is 1.21. The van der Waals surface area contributed by atoms with Crippen LogP contribution in [0.5, 0.6) is 5.75 Å². The van der Waals surface area contributed by atoms with E-state index in [1.807, 2.05) is 0 Å². The third-order valence-corrected chi connectivity index (χ3v) is 7.13. The molecular formula is C24H20FN3O7. The van der Waals surface area contributed by atoms with Gasteiger partial charge in [0, 0.05) is 29.7 Å². The smallest absolute Gasteiger partial charge is 0.255 e. The topological polar surface area (TPSA) is 197 Å². The lowest BCUT2D eigenvalue weighted by Crippen LogP contribution is -2.58. The molecule has 11 heteroatoms. The molecule has 1 aromatic carbocycles. The van der Waals surface area contributed by atoms with Crippen molar-refractivity contribution in [2.24, 2.45) is 17.6 Å². The Kier molecular flexibility index (Phi) is 4.75. The first-order valence-corrected chi connectivity index (χ1v) is 10.7. The standard InChI is InChI=1S/C24H20FN3O7/c25-15-2-1-8(7-28-15)11-6-13(26)19(30)17-12(11)4-9-3-10-5-14(29)18(23(27)34)22(33)24(10,35)21(32)16(9)20(17)31/h1-2,6-7,9-10,30-31,33,35H,3-5,26H2,(H2,27,34)/t9-,10+,24+/m1/s1. The van der Waals surface area contributed by atoms with E-state index in [0.717, 1.165) is 6.07 Å². The van der Waals surface area contributed by atoms with Crippen molar-refractivity contribution in [3.8, 4) is 16.9 Å². The first-order chi connectivity index (χ1) is 16.5. The maximum absolute atomic E-state index is 13.5. The minimum absolute atomic E-state index is 0.00480. The van der Waals surface area contributed by atoms with Crippen LogP contribution in [0.2, 0.25) is 0 Å². The lowest BCUT2D eigenvalue weighted by Gasteiger charge is -2.46. The van der Waals surface area contributed by atoms with Gasteiger partial charge in [-0.05, 0) is 48.1 Å². The second kappa shape index (κ2) is 7.37. The minimum atomic E-state index is -2.64. The lowest BCUT2D eigenvalue weighted by atomic mass is 9.59. The number of ketones is 2. The zero-order valence-corrected chi connectivity index (χ0v) is 18.1. The minimum Gasteiger partial charge on any atom is -0.508 e. The van der Waals surface area contributed by atoms with E-state index in [-0.39, 0.29) is 29.7 Å². The number of pyridine rings is 1.